The highest BCUT2D eigenvalue weighted by Gasteiger charge is 2.11. The summed E-state index contributed by atoms with van der Waals surface area (Å²) in [6, 6.07) is 3.35. The number of aromatic nitrogens is 2. The Morgan fingerprint density at radius 2 is 2.00 bits per heavy atom. The molecule has 0 atom stereocenters. The maximum atomic E-state index is 13.4. The van der Waals surface area contributed by atoms with Gasteiger partial charge in [-0.2, -0.15) is 0 Å². The zero-order chi connectivity index (χ0) is 12.4. The van der Waals surface area contributed by atoms with Crippen molar-refractivity contribution < 1.29 is 8.78 Å². The SMILES string of the molecule is Nc1ncnc(Sc2ccc(F)cc2F)c1Br. The van der Waals surface area contributed by atoms with Crippen LogP contribution >= 0.6 is 27.7 Å². The molecule has 1 aromatic carbocycles. The molecule has 88 valence electrons. The summed E-state index contributed by atoms with van der Waals surface area (Å²) in [6.45, 7) is 0. The van der Waals surface area contributed by atoms with Crippen LogP contribution in [0.5, 0.6) is 0 Å². The lowest BCUT2D eigenvalue weighted by atomic mass is 10.3. The first kappa shape index (κ1) is 12.3. The molecule has 0 unspecified atom stereocenters. The molecule has 0 spiro atoms. The van der Waals surface area contributed by atoms with E-state index in [1.165, 1.54) is 18.5 Å². The maximum Gasteiger partial charge on any atom is 0.142 e. The van der Waals surface area contributed by atoms with Crippen LogP contribution in [0.15, 0.2) is 38.9 Å². The summed E-state index contributed by atoms with van der Waals surface area (Å²) in [4.78, 5) is 8.00. The molecule has 0 bridgehead atoms. The van der Waals surface area contributed by atoms with Crippen LogP contribution in [0.1, 0.15) is 0 Å². The van der Waals surface area contributed by atoms with E-state index in [0.29, 0.717) is 9.50 Å². The predicted octanol–water partition coefficient (Wildman–Crippen LogP) is 3.25. The molecule has 0 aliphatic rings. The van der Waals surface area contributed by atoms with E-state index >= 15 is 0 Å². The Balaban J connectivity index is 2.35. The molecule has 17 heavy (non-hydrogen) atoms. The number of benzene rings is 1. The second-order valence-corrected chi connectivity index (χ2v) is 4.88. The molecule has 1 aromatic heterocycles. The molecule has 0 aliphatic carbocycles. The van der Waals surface area contributed by atoms with E-state index in [-0.39, 0.29) is 10.7 Å². The Kier molecular flexibility index (Phi) is 3.58. The van der Waals surface area contributed by atoms with Crippen molar-refractivity contribution in [3.63, 3.8) is 0 Å². The zero-order valence-corrected chi connectivity index (χ0v) is 10.7. The molecule has 2 aromatic rings. The van der Waals surface area contributed by atoms with E-state index in [9.17, 15) is 8.78 Å². The van der Waals surface area contributed by atoms with Gasteiger partial charge in [0.1, 0.15) is 28.8 Å². The van der Waals surface area contributed by atoms with Crippen LogP contribution in [0.2, 0.25) is 0 Å². The van der Waals surface area contributed by atoms with Crippen molar-refractivity contribution in [2.24, 2.45) is 0 Å². The van der Waals surface area contributed by atoms with Crippen molar-refractivity contribution in [1.29, 1.82) is 0 Å². The van der Waals surface area contributed by atoms with E-state index < -0.39 is 11.6 Å². The number of nitrogen functional groups attached to an aromatic ring is 1. The van der Waals surface area contributed by atoms with Gasteiger partial charge in [0.2, 0.25) is 0 Å². The van der Waals surface area contributed by atoms with E-state index in [2.05, 4.69) is 25.9 Å². The third kappa shape index (κ3) is 2.73. The van der Waals surface area contributed by atoms with Gasteiger partial charge in [-0.25, -0.2) is 18.7 Å². The number of anilines is 1. The largest absolute Gasteiger partial charge is 0.383 e. The van der Waals surface area contributed by atoms with Gasteiger partial charge in [0.05, 0.1) is 4.47 Å². The zero-order valence-electron chi connectivity index (χ0n) is 8.32. The molecule has 0 saturated carbocycles. The summed E-state index contributed by atoms with van der Waals surface area (Å²) < 4.78 is 26.6. The van der Waals surface area contributed by atoms with E-state index in [4.69, 9.17) is 5.73 Å². The molecule has 2 N–H and O–H groups in total. The standard InChI is InChI=1S/C10H6BrF2N3S/c11-8-9(14)15-4-16-10(8)17-7-2-1-5(12)3-6(7)13/h1-4H,(H2,14,15,16). The Morgan fingerprint density at radius 1 is 1.24 bits per heavy atom. The van der Waals surface area contributed by atoms with Crippen molar-refractivity contribution in [2.45, 2.75) is 9.92 Å². The molecule has 3 nitrogen and oxygen atoms in total. The molecule has 0 radical (unpaired) electrons. The number of rotatable bonds is 2. The van der Waals surface area contributed by atoms with Crippen LogP contribution in [0.3, 0.4) is 0 Å². The normalized spacial score (nSPS) is 10.5. The second-order valence-electron chi connectivity index (χ2n) is 3.05. The molecule has 7 heteroatoms. The van der Waals surface area contributed by atoms with Crippen LogP contribution < -0.4 is 5.73 Å². The summed E-state index contributed by atoms with van der Waals surface area (Å²) in [5.74, 6) is -0.989. The number of halogens is 3. The van der Waals surface area contributed by atoms with Crippen LogP contribution in [0.25, 0.3) is 0 Å². The number of nitrogens with two attached hydrogens (primary N) is 1. The van der Waals surface area contributed by atoms with Gasteiger partial charge in [-0.3, -0.25) is 0 Å². The minimum absolute atomic E-state index is 0.269. The summed E-state index contributed by atoms with van der Waals surface area (Å²) >= 11 is 4.25. The quantitative estimate of drug-likeness (QED) is 0.864. The lowest BCUT2D eigenvalue weighted by Gasteiger charge is -2.05. The Labute approximate surface area is 109 Å². The average Bonchev–Trinajstić information content (AvgIpc) is 2.28. The monoisotopic (exact) mass is 317 g/mol. The molecule has 0 fully saturated rings. The minimum atomic E-state index is -0.640. The summed E-state index contributed by atoms with van der Waals surface area (Å²) in [5.41, 5.74) is 5.57. The molecule has 1 heterocycles. The third-order valence-corrected chi connectivity index (χ3v) is 3.98. The molecule has 0 amide bonds. The topological polar surface area (TPSA) is 51.8 Å². The van der Waals surface area contributed by atoms with Gasteiger partial charge < -0.3 is 5.73 Å². The second kappa shape index (κ2) is 4.97. The van der Waals surface area contributed by atoms with Crippen molar-refractivity contribution in [3.8, 4) is 0 Å². The lowest BCUT2D eigenvalue weighted by Crippen LogP contribution is -1.95. The van der Waals surface area contributed by atoms with E-state index in [0.717, 1.165) is 17.8 Å². The Hall–Kier alpha value is -1.21. The molecular weight excluding hydrogens is 312 g/mol. The van der Waals surface area contributed by atoms with Crippen molar-refractivity contribution in [1.82, 2.24) is 9.97 Å². The Bertz CT molecular complexity index is 565. The average molecular weight is 318 g/mol. The van der Waals surface area contributed by atoms with Gasteiger partial charge >= 0.3 is 0 Å². The van der Waals surface area contributed by atoms with Crippen molar-refractivity contribution in [2.75, 3.05) is 5.73 Å². The van der Waals surface area contributed by atoms with Crippen LogP contribution in [0.4, 0.5) is 14.6 Å². The first-order valence-electron chi connectivity index (χ1n) is 4.47. The molecule has 0 saturated heterocycles. The van der Waals surface area contributed by atoms with Gasteiger partial charge in [0, 0.05) is 11.0 Å². The van der Waals surface area contributed by atoms with Gasteiger partial charge in [-0.15, -0.1) is 0 Å². The highest BCUT2D eigenvalue weighted by Crippen LogP contribution is 2.34. The summed E-state index contributed by atoms with van der Waals surface area (Å²) in [5, 5.41) is 0.475. The number of hydrogen-bond acceptors (Lipinski definition) is 4. The van der Waals surface area contributed by atoms with E-state index in [1.807, 2.05) is 0 Å². The first-order chi connectivity index (χ1) is 8.08. The Morgan fingerprint density at radius 3 is 2.71 bits per heavy atom. The van der Waals surface area contributed by atoms with Crippen molar-refractivity contribution in [3.05, 3.63) is 40.6 Å². The third-order valence-electron chi connectivity index (χ3n) is 1.89. The van der Waals surface area contributed by atoms with E-state index in [1.54, 1.807) is 0 Å². The van der Waals surface area contributed by atoms with Gasteiger partial charge in [0.25, 0.3) is 0 Å². The van der Waals surface area contributed by atoms with Crippen LogP contribution in [-0.4, -0.2) is 9.97 Å². The minimum Gasteiger partial charge on any atom is -0.383 e. The highest BCUT2D eigenvalue weighted by molar-refractivity contribution is 9.10. The lowest BCUT2D eigenvalue weighted by molar-refractivity contribution is 0.565. The fourth-order valence-electron chi connectivity index (χ4n) is 1.10. The number of hydrogen-bond donors (Lipinski definition) is 1. The fourth-order valence-corrected chi connectivity index (χ4v) is 2.34. The summed E-state index contributed by atoms with van der Waals surface area (Å²) in [6.07, 6.45) is 1.28. The predicted molar refractivity (Wildman–Crippen MR) is 64.6 cm³/mol. The smallest absolute Gasteiger partial charge is 0.142 e. The highest BCUT2D eigenvalue weighted by atomic mass is 79.9. The maximum absolute atomic E-state index is 13.4. The molecule has 0 aliphatic heterocycles. The van der Waals surface area contributed by atoms with Crippen LogP contribution in [0, 0.1) is 11.6 Å². The molecular formula is C10H6BrF2N3S. The van der Waals surface area contributed by atoms with Gasteiger partial charge in [-0.1, -0.05) is 11.8 Å². The fraction of sp³-hybridized carbons (Fsp3) is 0. The van der Waals surface area contributed by atoms with Gasteiger partial charge in [0.15, 0.2) is 0 Å². The number of nitrogens with zero attached hydrogens (tertiary/aromatic N) is 2. The van der Waals surface area contributed by atoms with Crippen molar-refractivity contribution >= 4 is 33.5 Å². The molecule has 2 rings (SSSR count). The first-order valence-corrected chi connectivity index (χ1v) is 6.08. The summed E-state index contributed by atoms with van der Waals surface area (Å²) in [7, 11) is 0. The van der Waals surface area contributed by atoms with Gasteiger partial charge in [-0.05, 0) is 28.1 Å². The van der Waals surface area contributed by atoms with Crippen LogP contribution in [-0.2, 0) is 0 Å².